The van der Waals surface area contributed by atoms with E-state index in [1.165, 1.54) is 18.2 Å². The molecule has 2 aromatic rings. The van der Waals surface area contributed by atoms with E-state index in [9.17, 15) is 18.8 Å². The predicted molar refractivity (Wildman–Crippen MR) is 110 cm³/mol. The Balaban J connectivity index is 1.92. The largest absolute Gasteiger partial charge is 0.454 e. The van der Waals surface area contributed by atoms with Gasteiger partial charge in [0.25, 0.3) is 11.8 Å². The Labute approximate surface area is 173 Å². The molecule has 0 radical (unpaired) electrons. The van der Waals surface area contributed by atoms with Crippen molar-refractivity contribution >= 4 is 35.2 Å². The number of carbonyl (C=O) groups excluding carboxylic acids is 3. The first-order valence-corrected chi connectivity index (χ1v) is 10.2. The van der Waals surface area contributed by atoms with Crippen LogP contribution in [0.15, 0.2) is 53.4 Å². The highest BCUT2D eigenvalue weighted by molar-refractivity contribution is 7.98. The van der Waals surface area contributed by atoms with Gasteiger partial charge in [0.1, 0.15) is 11.9 Å². The quantitative estimate of drug-likeness (QED) is 0.506. The lowest BCUT2D eigenvalue weighted by Gasteiger charge is -2.21. The van der Waals surface area contributed by atoms with Crippen LogP contribution in [0, 0.1) is 11.7 Å². The van der Waals surface area contributed by atoms with Gasteiger partial charge in [0.2, 0.25) is 0 Å². The van der Waals surface area contributed by atoms with E-state index in [2.05, 4.69) is 10.6 Å². The molecule has 154 valence electrons. The smallest absolute Gasteiger partial charge is 0.329 e. The van der Waals surface area contributed by atoms with E-state index < -0.39 is 36.2 Å². The van der Waals surface area contributed by atoms with E-state index in [0.717, 1.165) is 11.0 Å². The van der Waals surface area contributed by atoms with E-state index in [4.69, 9.17) is 4.74 Å². The van der Waals surface area contributed by atoms with Crippen LogP contribution < -0.4 is 10.6 Å². The normalized spacial score (nSPS) is 11.6. The summed E-state index contributed by atoms with van der Waals surface area (Å²) in [6.45, 7) is 2.92. The van der Waals surface area contributed by atoms with E-state index in [1.54, 1.807) is 37.7 Å². The van der Waals surface area contributed by atoms with Gasteiger partial charge in [0, 0.05) is 10.6 Å². The number of thioether (sulfide) groups is 1. The topological polar surface area (TPSA) is 84.5 Å². The van der Waals surface area contributed by atoms with Crippen LogP contribution >= 0.6 is 11.8 Å². The molecule has 2 N–H and O–H groups in total. The van der Waals surface area contributed by atoms with E-state index in [1.807, 2.05) is 18.4 Å². The molecule has 6 nitrogen and oxygen atoms in total. The molecule has 2 amide bonds. The van der Waals surface area contributed by atoms with Crippen LogP contribution in [0.25, 0.3) is 0 Å². The number of rotatable bonds is 8. The highest BCUT2D eigenvalue weighted by atomic mass is 32.2. The Hall–Kier alpha value is -2.87. The summed E-state index contributed by atoms with van der Waals surface area (Å²) >= 11 is 1.58. The number of halogens is 1. The van der Waals surface area contributed by atoms with Gasteiger partial charge in [-0.3, -0.25) is 9.59 Å². The Morgan fingerprint density at radius 1 is 1.07 bits per heavy atom. The third-order valence-electron chi connectivity index (χ3n) is 4.04. The molecule has 2 aromatic carbocycles. The fraction of sp³-hybridized carbons (Fsp3) is 0.286. The average molecular weight is 418 g/mol. The molecule has 0 aliphatic heterocycles. The van der Waals surface area contributed by atoms with Crippen LogP contribution in [-0.4, -0.2) is 36.7 Å². The molecule has 0 saturated heterocycles. The fourth-order valence-corrected chi connectivity index (χ4v) is 2.87. The Morgan fingerprint density at radius 3 is 2.31 bits per heavy atom. The summed E-state index contributed by atoms with van der Waals surface area (Å²) < 4.78 is 18.8. The second-order valence-corrected chi connectivity index (χ2v) is 7.44. The highest BCUT2D eigenvalue weighted by Crippen LogP contribution is 2.17. The monoisotopic (exact) mass is 418 g/mol. The molecule has 0 unspecified atom stereocenters. The molecule has 0 heterocycles. The van der Waals surface area contributed by atoms with Gasteiger partial charge < -0.3 is 15.4 Å². The lowest BCUT2D eigenvalue weighted by Crippen LogP contribution is -2.46. The molecule has 0 aliphatic carbocycles. The third kappa shape index (κ3) is 6.60. The van der Waals surface area contributed by atoms with Crippen molar-refractivity contribution in [2.45, 2.75) is 24.8 Å². The zero-order valence-corrected chi connectivity index (χ0v) is 17.2. The van der Waals surface area contributed by atoms with Crippen molar-refractivity contribution < 1.29 is 23.5 Å². The molecular weight excluding hydrogens is 395 g/mol. The number of anilines is 1. The average Bonchev–Trinajstić information content (AvgIpc) is 2.70. The molecule has 8 heteroatoms. The van der Waals surface area contributed by atoms with Gasteiger partial charge in [0.15, 0.2) is 6.61 Å². The van der Waals surface area contributed by atoms with Crippen LogP contribution in [0.4, 0.5) is 10.1 Å². The zero-order valence-electron chi connectivity index (χ0n) is 16.4. The lowest BCUT2D eigenvalue weighted by atomic mass is 10.0. The minimum Gasteiger partial charge on any atom is -0.454 e. The number of ether oxygens (including phenoxy) is 1. The molecule has 0 aromatic heterocycles. The molecule has 0 aliphatic rings. The Kier molecular flexibility index (Phi) is 8.21. The summed E-state index contributed by atoms with van der Waals surface area (Å²) in [7, 11) is 0. The summed E-state index contributed by atoms with van der Waals surface area (Å²) in [5, 5.41) is 5.10. The second kappa shape index (κ2) is 10.6. The summed E-state index contributed by atoms with van der Waals surface area (Å²) in [5.74, 6) is -3.00. The van der Waals surface area contributed by atoms with Gasteiger partial charge in [-0.1, -0.05) is 26.0 Å². The molecule has 29 heavy (non-hydrogen) atoms. The predicted octanol–water partition coefficient (Wildman–Crippen LogP) is 3.48. The summed E-state index contributed by atoms with van der Waals surface area (Å²) in [5.41, 5.74) is 0.412. The summed E-state index contributed by atoms with van der Waals surface area (Å²) in [6, 6.07) is 11.7. The molecular formula is C21H23FN2O4S. The van der Waals surface area contributed by atoms with Crippen molar-refractivity contribution in [2.24, 2.45) is 5.92 Å². The zero-order chi connectivity index (χ0) is 21.4. The number of esters is 1. The number of hydrogen-bond donors (Lipinski definition) is 2. The van der Waals surface area contributed by atoms with Crippen molar-refractivity contribution in [3.8, 4) is 0 Å². The molecule has 0 bridgehead atoms. The van der Waals surface area contributed by atoms with Gasteiger partial charge in [-0.2, -0.15) is 0 Å². The van der Waals surface area contributed by atoms with Crippen LogP contribution in [0.3, 0.4) is 0 Å². The summed E-state index contributed by atoms with van der Waals surface area (Å²) in [4.78, 5) is 37.7. The first-order chi connectivity index (χ1) is 13.8. The number of benzene rings is 2. The minimum absolute atomic E-state index is 0.169. The number of amides is 2. The fourth-order valence-electron chi connectivity index (χ4n) is 2.46. The number of nitrogens with one attached hydrogen (secondary N) is 2. The second-order valence-electron chi connectivity index (χ2n) is 6.56. The SMILES string of the molecule is CSc1ccc(NC(=O)COC(=O)[C@@H](NC(=O)c2ccccc2F)C(C)C)cc1. The molecule has 2 rings (SSSR count). The van der Waals surface area contributed by atoms with Gasteiger partial charge in [0.05, 0.1) is 5.56 Å². The molecule has 1 atom stereocenters. The maximum absolute atomic E-state index is 13.8. The van der Waals surface area contributed by atoms with Gasteiger partial charge in [-0.05, 0) is 48.6 Å². The van der Waals surface area contributed by atoms with Crippen LogP contribution in [0.1, 0.15) is 24.2 Å². The van der Waals surface area contributed by atoms with E-state index in [0.29, 0.717) is 5.69 Å². The van der Waals surface area contributed by atoms with Gasteiger partial charge in [-0.25, -0.2) is 9.18 Å². The van der Waals surface area contributed by atoms with Crippen molar-refractivity contribution in [3.63, 3.8) is 0 Å². The van der Waals surface area contributed by atoms with E-state index >= 15 is 0 Å². The maximum atomic E-state index is 13.8. The maximum Gasteiger partial charge on any atom is 0.329 e. The molecule has 0 spiro atoms. The number of hydrogen-bond acceptors (Lipinski definition) is 5. The van der Waals surface area contributed by atoms with Crippen molar-refractivity contribution in [1.29, 1.82) is 0 Å². The third-order valence-corrected chi connectivity index (χ3v) is 4.79. The van der Waals surface area contributed by atoms with Gasteiger partial charge in [-0.15, -0.1) is 11.8 Å². The van der Waals surface area contributed by atoms with Crippen molar-refractivity contribution in [3.05, 3.63) is 59.9 Å². The summed E-state index contributed by atoms with van der Waals surface area (Å²) in [6.07, 6.45) is 1.95. The van der Waals surface area contributed by atoms with Gasteiger partial charge >= 0.3 is 5.97 Å². The first-order valence-electron chi connectivity index (χ1n) is 8.97. The Morgan fingerprint density at radius 2 is 1.72 bits per heavy atom. The van der Waals surface area contributed by atoms with E-state index in [-0.39, 0.29) is 11.5 Å². The van der Waals surface area contributed by atoms with Crippen LogP contribution in [-0.2, 0) is 14.3 Å². The van der Waals surface area contributed by atoms with Crippen molar-refractivity contribution in [1.82, 2.24) is 5.32 Å². The minimum atomic E-state index is -1.02. The van der Waals surface area contributed by atoms with Crippen molar-refractivity contribution in [2.75, 3.05) is 18.2 Å². The van der Waals surface area contributed by atoms with Crippen LogP contribution in [0.2, 0.25) is 0 Å². The Bertz CT molecular complexity index is 871. The highest BCUT2D eigenvalue weighted by Gasteiger charge is 2.27. The lowest BCUT2D eigenvalue weighted by molar-refractivity contribution is -0.150. The first kappa shape index (κ1) is 22.4. The molecule has 0 fully saturated rings. The number of carbonyl (C=O) groups is 3. The van der Waals surface area contributed by atoms with Crippen LogP contribution in [0.5, 0.6) is 0 Å². The molecule has 0 saturated carbocycles. The standard InChI is InChI=1S/C21H23FN2O4S/c1-13(2)19(24-20(26)16-6-4-5-7-17(16)22)21(27)28-12-18(25)23-14-8-10-15(29-3)11-9-14/h4-11,13,19H,12H2,1-3H3,(H,23,25)(H,24,26)/t19-/m0/s1.